The standard InChI is InChI=1S/C10H7S.2Li/c11-10-6-5-8-3-1-2-4-9(8)7-10;;/h1-5,7,11H;;/q;;+1/p-1. The summed E-state index contributed by atoms with van der Waals surface area (Å²) in [4.78, 5) is 0.781. The molecule has 1 aromatic carbocycles. The topological polar surface area (TPSA) is 0 Å². The van der Waals surface area contributed by atoms with E-state index < -0.39 is 0 Å². The minimum Gasteiger partial charge on any atom is -0.775 e. The fraction of sp³-hybridized carbons (Fsp3) is 0. The summed E-state index contributed by atoms with van der Waals surface area (Å²) >= 11 is 4.98. The van der Waals surface area contributed by atoms with Gasteiger partial charge >= 0.3 is 18.9 Å². The first kappa shape index (κ1) is 13.2. The van der Waals surface area contributed by atoms with Gasteiger partial charge in [0.25, 0.3) is 0 Å². The van der Waals surface area contributed by atoms with Gasteiger partial charge in [0, 0.05) is 25.3 Å². The van der Waals surface area contributed by atoms with Crippen LogP contribution >= 0.6 is 0 Å². The Morgan fingerprint density at radius 2 is 1.69 bits per heavy atom. The van der Waals surface area contributed by atoms with Gasteiger partial charge in [-0.25, -0.2) is 0 Å². The number of allylic oxidation sites excluding steroid dienone is 1. The summed E-state index contributed by atoms with van der Waals surface area (Å²) in [6.45, 7) is 0. The maximum atomic E-state index is 4.98. The van der Waals surface area contributed by atoms with E-state index in [1.807, 2.05) is 24.6 Å². The van der Waals surface area contributed by atoms with Crippen molar-refractivity contribution in [2.24, 2.45) is 0 Å². The minimum atomic E-state index is 0. The van der Waals surface area contributed by atoms with Crippen molar-refractivity contribution in [2.75, 3.05) is 0 Å². The fourth-order valence-corrected chi connectivity index (χ4v) is 1.29. The third kappa shape index (κ3) is 3.09. The van der Waals surface area contributed by atoms with E-state index in [0.29, 0.717) is 0 Å². The second-order valence-electron chi connectivity index (χ2n) is 2.43. The predicted molar refractivity (Wildman–Crippen MR) is 54.5 cm³/mol. The van der Waals surface area contributed by atoms with Gasteiger partial charge in [0.15, 0.2) is 0 Å². The van der Waals surface area contributed by atoms with Gasteiger partial charge in [-0.15, -0.1) is 10.6 Å². The smallest absolute Gasteiger partial charge is 0.775 e. The van der Waals surface area contributed by atoms with Crippen molar-refractivity contribution in [3.05, 3.63) is 52.4 Å². The Labute approximate surface area is 108 Å². The van der Waals surface area contributed by atoms with E-state index in [0.717, 1.165) is 4.91 Å². The van der Waals surface area contributed by atoms with Crippen LogP contribution in [0.2, 0.25) is 0 Å². The Morgan fingerprint density at radius 1 is 1.08 bits per heavy atom. The molecule has 0 heterocycles. The van der Waals surface area contributed by atoms with Crippen LogP contribution in [0, 0.1) is 6.42 Å². The quantitative estimate of drug-likeness (QED) is 0.272. The zero-order valence-electron chi connectivity index (χ0n) is 7.87. The van der Waals surface area contributed by atoms with Crippen molar-refractivity contribution in [3.63, 3.8) is 0 Å². The average Bonchev–Trinajstić information content (AvgIpc) is 2.04. The van der Waals surface area contributed by atoms with Gasteiger partial charge < -0.3 is 12.6 Å². The summed E-state index contributed by atoms with van der Waals surface area (Å²) in [6, 6.07) is 8.13. The van der Waals surface area contributed by atoms with E-state index in [4.69, 9.17) is 12.6 Å². The molecule has 2 radical (unpaired) electrons. The van der Waals surface area contributed by atoms with Gasteiger partial charge in [-0.2, -0.15) is 0 Å². The van der Waals surface area contributed by atoms with Gasteiger partial charge in [-0.1, -0.05) is 24.3 Å². The summed E-state index contributed by atoms with van der Waals surface area (Å²) in [5.74, 6) is 0. The Morgan fingerprint density at radius 3 is 2.38 bits per heavy atom. The molecule has 13 heavy (non-hydrogen) atoms. The van der Waals surface area contributed by atoms with Crippen molar-refractivity contribution in [3.8, 4) is 0 Å². The molecule has 2 rings (SSSR count). The molecule has 0 saturated carbocycles. The van der Waals surface area contributed by atoms with Crippen molar-refractivity contribution >= 4 is 37.6 Å². The van der Waals surface area contributed by atoms with Crippen LogP contribution < -0.4 is 18.9 Å². The van der Waals surface area contributed by atoms with E-state index in [9.17, 15) is 0 Å². The Balaban J connectivity index is 0.000000720. The van der Waals surface area contributed by atoms with Gasteiger partial charge in [0.05, 0.1) is 0 Å². The maximum absolute atomic E-state index is 4.98. The van der Waals surface area contributed by atoms with E-state index in [1.54, 1.807) is 0 Å². The van der Waals surface area contributed by atoms with Crippen LogP contribution in [0.5, 0.6) is 0 Å². The Kier molecular flexibility index (Phi) is 5.86. The molecule has 0 fully saturated rings. The summed E-state index contributed by atoms with van der Waals surface area (Å²) < 4.78 is 0. The third-order valence-corrected chi connectivity index (χ3v) is 1.89. The molecule has 0 unspecified atom stereocenters. The van der Waals surface area contributed by atoms with E-state index in [2.05, 4.69) is 17.9 Å². The molecule has 0 aromatic heterocycles. The van der Waals surface area contributed by atoms with Gasteiger partial charge in [0.2, 0.25) is 0 Å². The summed E-state index contributed by atoms with van der Waals surface area (Å²) in [5, 5.41) is 0. The van der Waals surface area contributed by atoms with Gasteiger partial charge in [-0.3, -0.25) is 0 Å². The molecule has 0 nitrogen and oxygen atoms in total. The van der Waals surface area contributed by atoms with Crippen LogP contribution in [0.25, 0.3) is 6.08 Å². The van der Waals surface area contributed by atoms with Crippen molar-refractivity contribution in [2.45, 2.75) is 0 Å². The zero-order chi connectivity index (χ0) is 7.68. The molecule has 0 amide bonds. The second-order valence-corrected chi connectivity index (χ2v) is 2.87. The van der Waals surface area contributed by atoms with Crippen LogP contribution in [0.3, 0.4) is 0 Å². The molecule has 1 aliphatic carbocycles. The first-order valence-corrected chi connectivity index (χ1v) is 3.84. The largest absolute Gasteiger partial charge is 1.00 e. The second kappa shape index (κ2) is 5.80. The monoisotopic (exact) mass is 172 g/mol. The molecule has 1 aliphatic rings. The maximum Gasteiger partial charge on any atom is 1.00 e. The fourth-order valence-electron chi connectivity index (χ4n) is 1.11. The molecular weight excluding hydrogens is 166 g/mol. The van der Waals surface area contributed by atoms with Crippen LogP contribution in [-0.2, 0) is 12.6 Å². The first-order valence-electron chi connectivity index (χ1n) is 3.44. The summed E-state index contributed by atoms with van der Waals surface area (Å²) in [6.07, 6.45) is 3.89. The number of hydrogen-bond acceptors (Lipinski definition) is 1. The molecule has 1 aromatic rings. The first-order chi connectivity index (χ1) is 5.36. The normalized spacial score (nSPS) is 11.8. The average molecular weight is 172 g/mol. The minimum absolute atomic E-state index is 0. The number of benzene rings is 1. The van der Waals surface area contributed by atoms with Crippen molar-refractivity contribution in [1.29, 1.82) is 0 Å². The number of fused-ring (bicyclic) bond motifs is 1. The molecule has 0 saturated heterocycles. The number of hydrogen-bond donors (Lipinski definition) is 0. The van der Waals surface area contributed by atoms with E-state index in [-0.39, 0.29) is 37.7 Å². The SMILES string of the molecule is [Li+].[Li].[S-]C1=C=Cc2ccccc2[CH]1. The third-order valence-electron chi connectivity index (χ3n) is 1.65. The van der Waals surface area contributed by atoms with Gasteiger partial charge in [0.1, 0.15) is 0 Å². The Bertz CT molecular complexity index is 352. The molecule has 0 spiro atoms. The van der Waals surface area contributed by atoms with Crippen molar-refractivity contribution in [1.82, 2.24) is 0 Å². The van der Waals surface area contributed by atoms with Crippen LogP contribution in [0.15, 0.2) is 34.9 Å². The predicted octanol–water partition coefficient (Wildman–Crippen LogP) is -1.08. The van der Waals surface area contributed by atoms with Crippen LogP contribution in [0.4, 0.5) is 0 Å². The van der Waals surface area contributed by atoms with E-state index in [1.165, 1.54) is 11.1 Å². The molecule has 0 N–H and O–H groups in total. The number of rotatable bonds is 0. The Hall–Kier alpha value is 0.155. The summed E-state index contributed by atoms with van der Waals surface area (Å²) in [7, 11) is 0. The molecule has 54 valence electrons. The molecule has 0 aliphatic heterocycles. The molecular formula is C10H6Li2S. The molecule has 0 bridgehead atoms. The van der Waals surface area contributed by atoms with Crippen LogP contribution in [0.1, 0.15) is 11.1 Å². The van der Waals surface area contributed by atoms with Crippen molar-refractivity contribution < 1.29 is 18.9 Å². The van der Waals surface area contributed by atoms with Crippen LogP contribution in [-0.4, -0.2) is 18.9 Å². The molecule has 0 atom stereocenters. The van der Waals surface area contributed by atoms with E-state index >= 15 is 0 Å². The van der Waals surface area contributed by atoms with Gasteiger partial charge in [-0.05, 0) is 17.2 Å². The zero-order valence-corrected chi connectivity index (χ0v) is 8.69. The molecule has 3 heteroatoms. The summed E-state index contributed by atoms with van der Waals surface area (Å²) in [5.41, 5.74) is 5.38.